The molecule has 0 aromatic heterocycles. The maximum Gasteiger partial charge on any atom is 0.324 e. The summed E-state index contributed by atoms with van der Waals surface area (Å²) in [7, 11) is 1.40. The third-order valence-corrected chi connectivity index (χ3v) is 3.08. The van der Waals surface area contributed by atoms with Gasteiger partial charge in [0.1, 0.15) is 0 Å². The number of aliphatic hydroxyl groups excluding tert-OH is 1. The summed E-state index contributed by atoms with van der Waals surface area (Å²) < 4.78 is 4.95. The molecule has 0 aliphatic heterocycles. The van der Waals surface area contributed by atoms with Crippen molar-refractivity contribution < 1.29 is 14.8 Å². The zero-order chi connectivity index (χ0) is 12.1. The average molecular weight is 243 g/mol. The van der Waals surface area contributed by atoms with Crippen molar-refractivity contribution >= 4 is 17.4 Å². The van der Waals surface area contributed by atoms with Gasteiger partial charge in [0, 0.05) is 5.25 Å². The van der Waals surface area contributed by atoms with Crippen LogP contribution in [0.5, 0.6) is 5.75 Å². The SMILES string of the molecule is COc1cccc(SC(C)CO)c1[N+](=O)[O-]. The van der Waals surface area contributed by atoms with E-state index in [4.69, 9.17) is 9.84 Å². The second-order valence-corrected chi connectivity index (χ2v) is 4.66. The average Bonchev–Trinajstić information content (AvgIpc) is 2.28. The summed E-state index contributed by atoms with van der Waals surface area (Å²) >= 11 is 1.26. The highest BCUT2D eigenvalue weighted by atomic mass is 32.2. The highest BCUT2D eigenvalue weighted by Crippen LogP contribution is 2.38. The van der Waals surface area contributed by atoms with E-state index >= 15 is 0 Å². The van der Waals surface area contributed by atoms with Gasteiger partial charge in [0.15, 0.2) is 5.75 Å². The molecule has 0 heterocycles. The Bertz CT molecular complexity index is 383. The first-order valence-electron chi connectivity index (χ1n) is 4.69. The van der Waals surface area contributed by atoms with Crippen molar-refractivity contribution in [1.29, 1.82) is 0 Å². The summed E-state index contributed by atoms with van der Waals surface area (Å²) in [6.45, 7) is 1.77. The van der Waals surface area contributed by atoms with E-state index in [1.807, 2.05) is 0 Å². The zero-order valence-electron chi connectivity index (χ0n) is 9.04. The Labute approximate surface area is 97.6 Å². The van der Waals surface area contributed by atoms with Crippen LogP contribution in [-0.2, 0) is 0 Å². The van der Waals surface area contributed by atoms with Crippen molar-refractivity contribution in [2.45, 2.75) is 17.1 Å². The largest absolute Gasteiger partial charge is 0.490 e. The van der Waals surface area contributed by atoms with Gasteiger partial charge in [-0.05, 0) is 12.1 Å². The second-order valence-electron chi connectivity index (χ2n) is 3.18. The Hall–Kier alpha value is -1.27. The number of rotatable bonds is 5. The van der Waals surface area contributed by atoms with Crippen LogP contribution in [0.2, 0.25) is 0 Å². The third kappa shape index (κ3) is 2.86. The molecule has 0 bridgehead atoms. The van der Waals surface area contributed by atoms with E-state index in [1.165, 1.54) is 18.9 Å². The normalized spacial score (nSPS) is 12.2. The summed E-state index contributed by atoms with van der Waals surface area (Å²) in [5, 5.41) is 19.8. The first-order valence-corrected chi connectivity index (χ1v) is 5.57. The maximum atomic E-state index is 10.9. The molecule has 0 radical (unpaired) electrons. The molecule has 1 atom stereocenters. The quantitative estimate of drug-likeness (QED) is 0.487. The Morgan fingerprint density at radius 2 is 2.31 bits per heavy atom. The molecule has 0 saturated heterocycles. The monoisotopic (exact) mass is 243 g/mol. The van der Waals surface area contributed by atoms with Gasteiger partial charge in [-0.2, -0.15) is 0 Å². The van der Waals surface area contributed by atoms with E-state index in [0.29, 0.717) is 4.90 Å². The molecular formula is C10H13NO4S. The van der Waals surface area contributed by atoms with Gasteiger partial charge >= 0.3 is 5.69 Å². The maximum absolute atomic E-state index is 10.9. The minimum Gasteiger partial charge on any atom is -0.490 e. The highest BCUT2D eigenvalue weighted by molar-refractivity contribution is 8.00. The number of aliphatic hydroxyl groups is 1. The molecule has 0 saturated carbocycles. The molecule has 0 amide bonds. The van der Waals surface area contributed by atoms with Crippen molar-refractivity contribution in [2.75, 3.05) is 13.7 Å². The molecule has 5 nitrogen and oxygen atoms in total. The third-order valence-electron chi connectivity index (χ3n) is 1.95. The van der Waals surface area contributed by atoms with Crippen LogP contribution in [0.3, 0.4) is 0 Å². The number of hydrogen-bond acceptors (Lipinski definition) is 5. The molecule has 0 fully saturated rings. The number of nitro benzene ring substituents is 1. The van der Waals surface area contributed by atoms with Crippen LogP contribution >= 0.6 is 11.8 Å². The van der Waals surface area contributed by atoms with Gasteiger partial charge in [-0.3, -0.25) is 10.1 Å². The number of methoxy groups -OCH3 is 1. The lowest BCUT2D eigenvalue weighted by Gasteiger charge is -2.09. The number of nitrogens with zero attached hydrogens (tertiary/aromatic N) is 1. The van der Waals surface area contributed by atoms with Gasteiger partial charge < -0.3 is 9.84 Å². The van der Waals surface area contributed by atoms with Gasteiger partial charge in [-0.1, -0.05) is 13.0 Å². The van der Waals surface area contributed by atoms with Crippen molar-refractivity contribution in [1.82, 2.24) is 0 Å². The summed E-state index contributed by atoms with van der Waals surface area (Å²) in [5.74, 6) is 0.236. The Kier molecular flexibility index (Phi) is 4.57. The Morgan fingerprint density at radius 3 is 2.81 bits per heavy atom. The Balaban J connectivity index is 3.12. The van der Waals surface area contributed by atoms with Gasteiger partial charge in [0.05, 0.1) is 23.5 Å². The fourth-order valence-electron chi connectivity index (χ4n) is 1.20. The lowest BCUT2D eigenvalue weighted by atomic mass is 10.3. The zero-order valence-corrected chi connectivity index (χ0v) is 9.86. The minimum absolute atomic E-state index is 0.0287. The molecule has 1 unspecified atom stereocenters. The fraction of sp³-hybridized carbons (Fsp3) is 0.400. The lowest BCUT2D eigenvalue weighted by Crippen LogP contribution is -2.03. The van der Waals surface area contributed by atoms with Crippen molar-refractivity contribution in [3.05, 3.63) is 28.3 Å². The molecule has 6 heteroatoms. The number of nitro groups is 1. The smallest absolute Gasteiger partial charge is 0.324 e. The molecule has 16 heavy (non-hydrogen) atoms. The first kappa shape index (κ1) is 12.8. The van der Waals surface area contributed by atoms with Gasteiger partial charge in [-0.25, -0.2) is 0 Å². The van der Waals surface area contributed by atoms with Gasteiger partial charge in [-0.15, -0.1) is 11.8 Å². The summed E-state index contributed by atoms with van der Waals surface area (Å²) in [4.78, 5) is 11.0. The van der Waals surface area contributed by atoms with Crippen LogP contribution in [0.15, 0.2) is 23.1 Å². The van der Waals surface area contributed by atoms with E-state index in [9.17, 15) is 10.1 Å². The number of ether oxygens (including phenoxy) is 1. The van der Waals surface area contributed by atoms with Crippen LogP contribution in [0.25, 0.3) is 0 Å². The van der Waals surface area contributed by atoms with E-state index in [-0.39, 0.29) is 23.3 Å². The minimum atomic E-state index is -0.467. The molecule has 0 aliphatic rings. The van der Waals surface area contributed by atoms with Gasteiger partial charge in [0.2, 0.25) is 0 Å². The Morgan fingerprint density at radius 1 is 1.62 bits per heavy atom. The van der Waals surface area contributed by atoms with Crippen LogP contribution in [0.1, 0.15) is 6.92 Å². The second kappa shape index (κ2) is 5.72. The van der Waals surface area contributed by atoms with Crippen LogP contribution < -0.4 is 4.74 Å². The molecule has 1 aromatic rings. The van der Waals surface area contributed by atoms with E-state index in [2.05, 4.69) is 0 Å². The number of benzene rings is 1. The standard InChI is InChI=1S/C10H13NO4S/c1-7(6-12)16-9-5-3-4-8(15-2)10(9)11(13)14/h3-5,7,12H,6H2,1-2H3. The number of para-hydroxylation sites is 1. The van der Waals surface area contributed by atoms with Crippen molar-refractivity contribution in [2.24, 2.45) is 0 Å². The van der Waals surface area contributed by atoms with Gasteiger partial charge in [0.25, 0.3) is 0 Å². The predicted molar refractivity (Wildman–Crippen MR) is 62.1 cm³/mol. The first-order chi connectivity index (χ1) is 7.60. The van der Waals surface area contributed by atoms with Crippen LogP contribution in [0.4, 0.5) is 5.69 Å². The van der Waals surface area contributed by atoms with Crippen LogP contribution in [-0.4, -0.2) is 29.0 Å². The molecule has 1 rings (SSSR count). The molecular weight excluding hydrogens is 230 g/mol. The van der Waals surface area contributed by atoms with Crippen molar-refractivity contribution in [3.8, 4) is 5.75 Å². The van der Waals surface area contributed by atoms with E-state index < -0.39 is 4.92 Å². The molecule has 1 N–H and O–H groups in total. The summed E-state index contributed by atoms with van der Waals surface area (Å²) in [6.07, 6.45) is 0. The topological polar surface area (TPSA) is 72.6 Å². The molecule has 0 aliphatic carbocycles. The molecule has 88 valence electrons. The van der Waals surface area contributed by atoms with E-state index in [1.54, 1.807) is 25.1 Å². The number of thioether (sulfide) groups is 1. The molecule has 1 aromatic carbocycles. The summed E-state index contributed by atoms with van der Waals surface area (Å²) in [6, 6.07) is 4.89. The van der Waals surface area contributed by atoms with Crippen LogP contribution in [0, 0.1) is 10.1 Å². The highest BCUT2D eigenvalue weighted by Gasteiger charge is 2.21. The summed E-state index contributed by atoms with van der Waals surface area (Å²) in [5.41, 5.74) is -0.0460. The van der Waals surface area contributed by atoms with Crippen molar-refractivity contribution in [3.63, 3.8) is 0 Å². The molecule has 0 spiro atoms. The lowest BCUT2D eigenvalue weighted by molar-refractivity contribution is -0.388. The number of hydrogen-bond donors (Lipinski definition) is 1. The van der Waals surface area contributed by atoms with E-state index in [0.717, 1.165) is 0 Å². The predicted octanol–water partition coefficient (Wildman–Crippen LogP) is 2.08. The fourth-order valence-corrected chi connectivity index (χ4v) is 2.15.